The molecule has 1 fully saturated rings. The molecule has 0 bridgehead atoms. The van der Waals surface area contributed by atoms with E-state index in [1.54, 1.807) is 49.1 Å². The van der Waals surface area contributed by atoms with Crippen LogP contribution in [0.3, 0.4) is 0 Å². The molecule has 1 aliphatic rings. The minimum Gasteiger partial charge on any atom is -0.496 e. The first-order valence-electron chi connectivity index (χ1n) is 8.17. The predicted molar refractivity (Wildman–Crippen MR) is 92.3 cm³/mol. The average molecular weight is 351 g/mol. The van der Waals surface area contributed by atoms with E-state index in [1.165, 1.54) is 0 Å². The number of hydrogen-bond donors (Lipinski definition) is 1. The molecule has 1 aromatic rings. The minimum atomic E-state index is -0.143. The number of methoxy groups -OCH3 is 2. The Bertz CT molecular complexity index is 578. The summed E-state index contributed by atoms with van der Waals surface area (Å²) in [5, 5.41) is 2.82. The van der Waals surface area contributed by atoms with Gasteiger partial charge in [0.25, 0.3) is 0 Å². The lowest BCUT2D eigenvalue weighted by Gasteiger charge is -2.34. The molecule has 2 rings (SSSR count). The van der Waals surface area contributed by atoms with Gasteiger partial charge in [-0.1, -0.05) is 0 Å². The van der Waals surface area contributed by atoms with Crippen molar-refractivity contribution in [2.75, 3.05) is 53.6 Å². The van der Waals surface area contributed by atoms with Crippen molar-refractivity contribution in [1.82, 2.24) is 15.1 Å². The first-order valence-corrected chi connectivity index (χ1v) is 8.17. The van der Waals surface area contributed by atoms with Crippen LogP contribution in [-0.4, -0.2) is 75.3 Å². The van der Waals surface area contributed by atoms with Crippen molar-refractivity contribution in [2.45, 2.75) is 6.92 Å². The van der Waals surface area contributed by atoms with E-state index in [0.717, 1.165) is 0 Å². The van der Waals surface area contributed by atoms with E-state index < -0.39 is 0 Å². The summed E-state index contributed by atoms with van der Waals surface area (Å²) in [6, 6.07) is 5.13. The second-order valence-corrected chi connectivity index (χ2v) is 5.62. The number of benzene rings is 1. The number of hydrogen-bond acceptors (Lipinski definition) is 5. The van der Waals surface area contributed by atoms with Crippen LogP contribution in [0.5, 0.6) is 17.2 Å². The number of amides is 3. The maximum atomic E-state index is 12.1. The fraction of sp³-hybridized carbons (Fsp3) is 0.529. The molecule has 1 saturated heterocycles. The molecule has 1 aromatic carbocycles. The van der Waals surface area contributed by atoms with Crippen LogP contribution in [0.1, 0.15) is 6.92 Å². The monoisotopic (exact) mass is 351 g/mol. The van der Waals surface area contributed by atoms with E-state index in [1.807, 2.05) is 0 Å². The Balaban J connectivity index is 1.72. The number of carbonyl (C=O) groups is 2. The lowest BCUT2D eigenvalue weighted by molar-refractivity contribution is -0.130. The molecule has 8 heteroatoms. The van der Waals surface area contributed by atoms with Gasteiger partial charge in [0.2, 0.25) is 5.91 Å². The Morgan fingerprint density at radius 3 is 2.00 bits per heavy atom. The van der Waals surface area contributed by atoms with Crippen LogP contribution in [0.15, 0.2) is 18.2 Å². The summed E-state index contributed by atoms with van der Waals surface area (Å²) in [5.74, 6) is 1.94. The highest BCUT2D eigenvalue weighted by atomic mass is 16.5. The maximum Gasteiger partial charge on any atom is 0.317 e. The van der Waals surface area contributed by atoms with Gasteiger partial charge in [-0.15, -0.1) is 0 Å². The van der Waals surface area contributed by atoms with Gasteiger partial charge >= 0.3 is 6.03 Å². The third-order valence-corrected chi connectivity index (χ3v) is 3.98. The maximum absolute atomic E-state index is 12.1. The lowest BCUT2D eigenvalue weighted by atomic mass is 10.3. The Hall–Kier alpha value is -2.64. The summed E-state index contributed by atoms with van der Waals surface area (Å²) in [6.45, 7) is 4.48. The molecule has 1 N–H and O–H groups in total. The molecule has 0 spiro atoms. The van der Waals surface area contributed by atoms with Crippen molar-refractivity contribution in [1.29, 1.82) is 0 Å². The molecule has 3 amide bonds. The number of piperazine rings is 1. The van der Waals surface area contributed by atoms with Crippen molar-refractivity contribution >= 4 is 11.9 Å². The molecule has 25 heavy (non-hydrogen) atoms. The Kier molecular flexibility index (Phi) is 6.73. The van der Waals surface area contributed by atoms with Crippen LogP contribution in [0, 0.1) is 0 Å². The molecule has 0 saturated carbocycles. The van der Waals surface area contributed by atoms with Gasteiger partial charge in [-0.3, -0.25) is 4.79 Å². The van der Waals surface area contributed by atoms with Crippen molar-refractivity contribution in [3.63, 3.8) is 0 Å². The standard InChI is InChI=1S/C17H25N3O5/c1-13(21)19-5-7-20(8-6-19)17(22)18-4-9-25-16-11-14(23-2)10-15(12-16)24-3/h10-12H,4-9H2,1-3H3,(H,18,22). The molecule has 0 radical (unpaired) electrons. The van der Waals surface area contributed by atoms with Crippen molar-refractivity contribution in [3.05, 3.63) is 18.2 Å². The second kappa shape index (κ2) is 9.00. The zero-order valence-electron chi connectivity index (χ0n) is 14.9. The quantitative estimate of drug-likeness (QED) is 0.772. The summed E-state index contributed by atoms with van der Waals surface area (Å²) in [5.41, 5.74) is 0. The highest BCUT2D eigenvalue weighted by molar-refractivity contribution is 5.76. The predicted octanol–water partition coefficient (Wildman–Crippen LogP) is 0.956. The Morgan fingerprint density at radius 2 is 1.48 bits per heavy atom. The normalized spacial score (nSPS) is 14.0. The number of ether oxygens (including phenoxy) is 3. The van der Waals surface area contributed by atoms with Gasteiger partial charge in [-0.05, 0) is 0 Å². The first kappa shape index (κ1) is 18.7. The summed E-state index contributed by atoms with van der Waals surface area (Å²) < 4.78 is 16.0. The topological polar surface area (TPSA) is 80.3 Å². The van der Waals surface area contributed by atoms with Crippen molar-refractivity contribution in [2.24, 2.45) is 0 Å². The number of nitrogens with zero attached hydrogens (tertiary/aromatic N) is 2. The molecule has 0 unspecified atom stereocenters. The Labute approximate surface area is 147 Å². The third kappa shape index (κ3) is 5.44. The average Bonchev–Trinajstić information content (AvgIpc) is 2.64. The van der Waals surface area contributed by atoms with Crippen LogP contribution in [-0.2, 0) is 4.79 Å². The number of carbonyl (C=O) groups excluding carboxylic acids is 2. The van der Waals surface area contributed by atoms with Crippen LogP contribution < -0.4 is 19.5 Å². The molecule has 138 valence electrons. The van der Waals surface area contributed by atoms with Gasteiger partial charge < -0.3 is 29.3 Å². The molecule has 1 heterocycles. The molecule has 0 atom stereocenters. The van der Waals surface area contributed by atoms with Crippen LogP contribution in [0.2, 0.25) is 0 Å². The van der Waals surface area contributed by atoms with Gasteiger partial charge in [0, 0.05) is 51.3 Å². The van der Waals surface area contributed by atoms with Gasteiger partial charge in [-0.25, -0.2) is 4.79 Å². The van der Waals surface area contributed by atoms with Crippen LogP contribution in [0.25, 0.3) is 0 Å². The summed E-state index contributed by atoms with van der Waals surface area (Å²) in [6.07, 6.45) is 0. The molecule has 0 aliphatic carbocycles. The van der Waals surface area contributed by atoms with E-state index in [9.17, 15) is 9.59 Å². The van der Waals surface area contributed by atoms with Crippen molar-refractivity contribution in [3.8, 4) is 17.2 Å². The summed E-state index contributed by atoms with van der Waals surface area (Å²) in [4.78, 5) is 26.8. The highest BCUT2D eigenvalue weighted by Crippen LogP contribution is 2.27. The smallest absolute Gasteiger partial charge is 0.317 e. The number of nitrogens with one attached hydrogen (secondary N) is 1. The van der Waals surface area contributed by atoms with E-state index in [2.05, 4.69) is 5.32 Å². The Morgan fingerprint density at radius 1 is 0.960 bits per heavy atom. The SMILES string of the molecule is COc1cc(OC)cc(OCCNC(=O)N2CCN(C(C)=O)CC2)c1. The van der Waals surface area contributed by atoms with Crippen molar-refractivity contribution < 1.29 is 23.8 Å². The van der Waals surface area contributed by atoms with Gasteiger partial charge in [0.15, 0.2) is 0 Å². The van der Waals surface area contributed by atoms with Gasteiger partial charge in [0.05, 0.1) is 20.8 Å². The molecular weight excluding hydrogens is 326 g/mol. The molecule has 0 aromatic heterocycles. The van der Waals surface area contributed by atoms with Crippen LogP contribution in [0.4, 0.5) is 4.79 Å². The molecule has 1 aliphatic heterocycles. The van der Waals surface area contributed by atoms with E-state index in [-0.39, 0.29) is 11.9 Å². The fourth-order valence-electron chi connectivity index (χ4n) is 2.53. The number of rotatable bonds is 6. The molecular formula is C17H25N3O5. The van der Waals surface area contributed by atoms with E-state index in [0.29, 0.717) is 56.6 Å². The number of urea groups is 1. The summed E-state index contributed by atoms with van der Waals surface area (Å²) >= 11 is 0. The van der Waals surface area contributed by atoms with E-state index in [4.69, 9.17) is 14.2 Å². The fourth-order valence-corrected chi connectivity index (χ4v) is 2.53. The minimum absolute atomic E-state index is 0.0437. The van der Waals surface area contributed by atoms with Gasteiger partial charge in [-0.2, -0.15) is 0 Å². The zero-order chi connectivity index (χ0) is 18.2. The van der Waals surface area contributed by atoms with Crippen LogP contribution >= 0.6 is 0 Å². The van der Waals surface area contributed by atoms with E-state index >= 15 is 0 Å². The van der Waals surface area contributed by atoms with Gasteiger partial charge in [0.1, 0.15) is 23.9 Å². The third-order valence-electron chi connectivity index (χ3n) is 3.98. The second-order valence-electron chi connectivity index (χ2n) is 5.62. The largest absolute Gasteiger partial charge is 0.496 e. The first-order chi connectivity index (χ1) is 12.0. The highest BCUT2D eigenvalue weighted by Gasteiger charge is 2.21. The zero-order valence-corrected chi connectivity index (χ0v) is 14.9. The lowest BCUT2D eigenvalue weighted by Crippen LogP contribution is -2.53. The summed E-state index contributed by atoms with van der Waals surface area (Å²) in [7, 11) is 3.15. The molecule has 8 nitrogen and oxygen atoms in total.